The Hall–Kier alpha value is -0.460. The standard InChI is InChI=1S/C11H20N4S2/c1-3-4-14-5-7-15(8-6-14)11-9(16-2)10(12)13-17-11/h3-8H2,1-2H3,(H2,12,13). The van der Waals surface area contributed by atoms with Crippen molar-refractivity contribution in [2.24, 2.45) is 0 Å². The molecule has 0 aliphatic carbocycles. The van der Waals surface area contributed by atoms with Gasteiger partial charge in [-0.3, -0.25) is 4.90 Å². The highest BCUT2D eigenvalue weighted by molar-refractivity contribution is 7.99. The molecule has 1 saturated heterocycles. The molecule has 0 bridgehead atoms. The number of piperazine rings is 1. The summed E-state index contributed by atoms with van der Waals surface area (Å²) in [6, 6.07) is 0. The van der Waals surface area contributed by atoms with Gasteiger partial charge in [0, 0.05) is 26.2 Å². The highest BCUT2D eigenvalue weighted by Crippen LogP contribution is 2.37. The first-order valence-electron chi connectivity index (χ1n) is 6.02. The van der Waals surface area contributed by atoms with E-state index in [9.17, 15) is 0 Å². The fourth-order valence-electron chi connectivity index (χ4n) is 2.17. The topological polar surface area (TPSA) is 45.4 Å². The number of nitrogen functional groups attached to an aromatic ring is 1. The lowest BCUT2D eigenvalue weighted by Gasteiger charge is -2.35. The predicted molar refractivity (Wildman–Crippen MR) is 77.3 cm³/mol. The molecule has 17 heavy (non-hydrogen) atoms. The van der Waals surface area contributed by atoms with Gasteiger partial charge in [-0.2, -0.15) is 4.37 Å². The van der Waals surface area contributed by atoms with Gasteiger partial charge in [-0.15, -0.1) is 11.8 Å². The van der Waals surface area contributed by atoms with Gasteiger partial charge in [-0.1, -0.05) is 6.92 Å². The van der Waals surface area contributed by atoms with E-state index in [0.717, 1.165) is 31.1 Å². The van der Waals surface area contributed by atoms with Crippen LogP contribution in [0.1, 0.15) is 13.3 Å². The minimum Gasteiger partial charge on any atom is -0.382 e. The molecule has 1 aromatic heterocycles. The van der Waals surface area contributed by atoms with Gasteiger partial charge in [0.05, 0.1) is 4.90 Å². The summed E-state index contributed by atoms with van der Waals surface area (Å²) in [7, 11) is 0. The summed E-state index contributed by atoms with van der Waals surface area (Å²) in [6.45, 7) is 7.94. The molecule has 2 rings (SSSR count). The van der Waals surface area contributed by atoms with Crippen LogP contribution < -0.4 is 10.6 Å². The van der Waals surface area contributed by atoms with Crippen molar-refractivity contribution in [3.63, 3.8) is 0 Å². The second-order valence-electron chi connectivity index (χ2n) is 4.23. The molecule has 0 aromatic carbocycles. The Morgan fingerprint density at radius 3 is 2.65 bits per heavy atom. The Morgan fingerprint density at radius 1 is 1.35 bits per heavy atom. The van der Waals surface area contributed by atoms with Crippen molar-refractivity contribution >= 4 is 34.1 Å². The molecule has 2 heterocycles. The molecule has 0 saturated carbocycles. The molecular formula is C11H20N4S2. The van der Waals surface area contributed by atoms with E-state index in [1.54, 1.807) is 11.8 Å². The number of nitrogens with zero attached hydrogens (tertiary/aromatic N) is 3. The zero-order valence-electron chi connectivity index (χ0n) is 10.5. The SMILES string of the molecule is CCCN1CCN(c2snc(N)c2SC)CC1. The molecule has 0 atom stereocenters. The maximum absolute atomic E-state index is 5.87. The zero-order valence-corrected chi connectivity index (χ0v) is 12.1. The van der Waals surface area contributed by atoms with Crippen LogP contribution in [0.4, 0.5) is 10.8 Å². The maximum atomic E-state index is 5.87. The molecule has 6 heteroatoms. The second-order valence-corrected chi connectivity index (χ2v) is 5.80. The van der Waals surface area contributed by atoms with E-state index in [1.165, 1.54) is 29.5 Å². The highest BCUT2D eigenvalue weighted by Gasteiger charge is 2.21. The molecule has 0 unspecified atom stereocenters. The first-order chi connectivity index (χ1) is 8.26. The van der Waals surface area contributed by atoms with Gasteiger partial charge >= 0.3 is 0 Å². The molecule has 2 N–H and O–H groups in total. The number of rotatable bonds is 4. The van der Waals surface area contributed by atoms with Crippen molar-refractivity contribution in [1.82, 2.24) is 9.27 Å². The van der Waals surface area contributed by atoms with Gasteiger partial charge in [0.1, 0.15) is 5.00 Å². The third-order valence-electron chi connectivity index (χ3n) is 3.06. The van der Waals surface area contributed by atoms with Crippen molar-refractivity contribution in [2.75, 3.05) is 49.6 Å². The third-order valence-corrected chi connectivity index (χ3v) is 4.92. The van der Waals surface area contributed by atoms with Crippen molar-refractivity contribution in [2.45, 2.75) is 18.2 Å². The first-order valence-corrected chi connectivity index (χ1v) is 8.02. The quantitative estimate of drug-likeness (QED) is 0.849. The average molecular weight is 272 g/mol. The zero-order chi connectivity index (χ0) is 12.3. The number of anilines is 2. The van der Waals surface area contributed by atoms with Crippen molar-refractivity contribution in [3.05, 3.63) is 0 Å². The Balaban J connectivity index is 2.00. The van der Waals surface area contributed by atoms with Crippen LogP contribution in [-0.4, -0.2) is 48.3 Å². The number of thioether (sulfide) groups is 1. The van der Waals surface area contributed by atoms with E-state index in [-0.39, 0.29) is 0 Å². The van der Waals surface area contributed by atoms with Crippen LogP contribution in [0.15, 0.2) is 4.90 Å². The van der Waals surface area contributed by atoms with Crippen LogP contribution in [-0.2, 0) is 0 Å². The molecule has 0 amide bonds. The van der Waals surface area contributed by atoms with Crippen LogP contribution >= 0.6 is 23.3 Å². The van der Waals surface area contributed by atoms with E-state index < -0.39 is 0 Å². The van der Waals surface area contributed by atoms with Crippen molar-refractivity contribution in [3.8, 4) is 0 Å². The molecule has 96 valence electrons. The van der Waals surface area contributed by atoms with Crippen LogP contribution in [0.3, 0.4) is 0 Å². The van der Waals surface area contributed by atoms with Crippen LogP contribution in [0.2, 0.25) is 0 Å². The van der Waals surface area contributed by atoms with Crippen LogP contribution in [0.25, 0.3) is 0 Å². The van der Waals surface area contributed by atoms with Crippen LogP contribution in [0.5, 0.6) is 0 Å². The van der Waals surface area contributed by atoms with E-state index in [1.807, 2.05) is 0 Å². The number of aromatic nitrogens is 1. The van der Waals surface area contributed by atoms with Gasteiger partial charge < -0.3 is 10.6 Å². The lowest BCUT2D eigenvalue weighted by Crippen LogP contribution is -2.46. The number of nitrogens with two attached hydrogens (primary N) is 1. The molecule has 4 nitrogen and oxygen atoms in total. The van der Waals surface area contributed by atoms with Gasteiger partial charge in [-0.25, -0.2) is 0 Å². The monoisotopic (exact) mass is 272 g/mol. The average Bonchev–Trinajstić information content (AvgIpc) is 2.72. The molecule has 1 aliphatic rings. The number of hydrogen-bond acceptors (Lipinski definition) is 6. The fourth-order valence-corrected chi connectivity index (χ4v) is 3.91. The summed E-state index contributed by atoms with van der Waals surface area (Å²) >= 11 is 3.23. The summed E-state index contributed by atoms with van der Waals surface area (Å²) in [5.74, 6) is 0.688. The minimum absolute atomic E-state index is 0.688. The van der Waals surface area contributed by atoms with Crippen LogP contribution in [0, 0.1) is 0 Å². The van der Waals surface area contributed by atoms with E-state index in [0.29, 0.717) is 5.82 Å². The summed E-state index contributed by atoms with van der Waals surface area (Å²) in [4.78, 5) is 6.10. The Kier molecular flexibility index (Phi) is 4.53. The Morgan fingerprint density at radius 2 is 2.06 bits per heavy atom. The fraction of sp³-hybridized carbons (Fsp3) is 0.727. The molecule has 0 radical (unpaired) electrons. The van der Waals surface area contributed by atoms with Gasteiger partial charge in [0.15, 0.2) is 5.82 Å². The largest absolute Gasteiger partial charge is 0.382 e. The molecule has 1 fully saturated rings. The van der Waals surface area contributed by atoms with Gasteiger partial charge in [0.2, 0.25) is 0 Å². The molecular weight excluding hydrogens is 252 g/mol. The molecule has 0 spiro atoms. The highest BCUT2D eigenvalue weighted by atomic mass is 32.2. The summed E-state index contributed by atoms with van der Waals surface area (Å²) in [6.07, 6.45) is 3.31. The summed E-state index contributed by atoms with van der Waals surface area (Å²) < 4.78 is 4.26. The molecule has 1 aliphatic heterocycles. The number of hydrogen-bond donors (Lipinski definition) is 1. The van der Waals surface area contributed by atoms with E-state index in [4.69, 9.17) is 5.73 Å². The Labute approximate surface area is 111 Å². The van der Waals surface area contributed by atoms with Gasteiger partial charge in [0.25, 0.3) is 0 Å². The van der Waals surface area contributed by atoms with E-state index in [2.05, 4.69) is 27.4 Å². The van der Waals surface area contributed by atoms with Crippen molar-refractivity contribution < 1.29 is 0 Å². The smallest absolute Gasteiger partial charge is 0.153 e. The predicted octanol–water partition coefficient (Wildman–Crippen LogP) is 1.98. The first kappa shape index (κ1) is 13.0. The van der Waals surface area contributed by atoms with Gasteiger partial charge in [-0.05, 0) is 30.8 Å². The lowest BCUT2D eigenvalue weighted by molar-refractivity contribution is 0.258. The molecule has 1 aromatic rings. The summed E-state index contributed by atoms with van der Waals surface area (Å²) in [5, 5.41) is 1.26. The lowest BCUT2D eigenvalue weighted by atomic mass is 10.3. The van der Waals surface area contributed by atoms with Crippen molar-refractivity contribution in [1.29, 1.82) is 0 Å². The van der Waals surface area contributed by atoms with E-state index >= 15 is 0 Å². The summed E-state index contributed by atoms with van der Waals surface area (Å²) in [5.41, 5.74) is 5.87. The maximum Gasteiger partial charge on any atom is 0.153 e. The third kappa shape index (κ3) is 2.86. The normalized spacial score (nSPS) is 17.6. The Bertz CT molecular complexity index is 358. The second kappa shape index (κ2) is 5.93. The minimum atomic E-state index is 0.688.